The molecule has 3 nitrogen and oxygen atoms in total. The lowest BCUT2D eigenvalue weighted by Crippen LogP contribution is -2.36. The van der Waals surface area contributed by atoms with Gasteiger partial charge >= 0.3 is 6.18 Å². The van der Waals surface area contributed by atoms with E-state index in [2.05, 4.69) is 4.98 Å². The molecule has 0 unspecified atom stereocenters. The van der Waals surface area contributed by atoms with Gasteiger partial charge < -0.3 is 10.6 Å². The Labute approximate surface area is 98.4 Å². The highest BCUT2D eigenvalue weighted by Crippen LogP contribution is 2.27. The lowest BCUT2D eigenvalue weighted by atomic mass is 10.2. The number of hydrogen-bond acceptors (Lipinski definition) is 3. The molecule has 0 radical (unpaired) electrons. The first-order valence-corrected chi connectivity index (χ1v) is 5.38. The summed E-state index contributed by atoms with van der Waals surface area (Å²) >= 11 is 0. The summed E-state index contributed by atoms with van der Waals surface area (Å²) < 4.78 is 37.3. The van der Waals surface area contributed by atoms with Crippen molar-refractivity contribution in [3.63, 3.8) is 0 Å². The van der Waals surface area contributed by atoms with Gasteiger partial charge in [-0.1, -0.05) is 6.92 Å². The van der Waals surface area contributed by atoms with E-state index >= 15 is 0 Å². The summed E-state index contributed by atoms with van der Waals surface area (Å²) in [5.74, 6) is 0.212. The number of nitrogens with zero attached hydrogens (tertiary/aromatic N) is 2. The number of alkyl halides is 3. The first-order chi connectivity index (χ1) is 7.85. The molecule has 0 aliphatic carbocycles. The summed E-state index contributed by atoms with van der Waals surface area (Å²) in [5.41, 5.74) is 6.81. The molecule has 0 saturated heterocycles. The minimum atomic E-state index is -4.26. The van der Waals surface area contributed by atoms with Gasteiger partial charge in [0.2, 0.25) is 0 Å². The number of hydrogen-bond donors (Lipinski definition) is 1. The highest BCUT2D eigenvalue weighted by molar-refractivity contribution is 5.66. The van der Waals surface area contributed by atoms with Crippen LogP contribution in [0.15, 0.2) is 12.3 Å². The molecular formula is C11H16F3N3. The Hall–Kier alpha value is -1.46. The van der Waals surface area contributed by atoms with Gasteiger partial charge in [0.1, 0.15) is 6.54 Å². The quantitative estimate of drug-likeness (QED) is 0.889. The Morgan fingerprint density at radius 1 is 1.41 bits per heavy atom. The average Bonchev–Trinajstić information content (AvgIpc) is 2.19. The van der Waals surface area contributed by atoms with Crippen molar-refractivity contribution < 1.29 is 13.2 Å². The number of rotatable bonds is 4. The first-order valence-electron chi connectivity index (χ1n) is 5.38. The Kier molecular flexibility index (Phi) is 4.20. The second kappa shape index (κ2) is 5.25. The third-order valence-electron chi connectivity index (χ3n) is 2.35. The summed E-state index contributed by atoms with van der Waals surface area (Å²) in [5, 5.41) is 0. The minimum Gasteiger partial charge on any atom is -0.396 e. The molecule has 1 rings (SSSR count). The van der Waals surface area contributed by atoms with Crippen molar-refractivity contribution in [3.8, 4) is 0 Å². The van der Waals surface area contributed by atoms with Crippen LogP contribution >= 0.6 is 0 Å². The number of anilines is 2. The van der Waals surface area contributed by atoms with Crippen LogP contribution in [0.3, 0.4) is 0 Å². The van der Waals surface area contributed by atoms with Gasteiger partial charge in [-0.15, -0.1) is 0 Å². The van der Waals surface area contributed by atoms with E-state index in [9.17, 15) is 13.2 Å². The predicted octanol–water partition coefficient (Wildman–Crippen LogP) is 2.75. The molecule has 1 heterocycles. The van der Waals surface area contributed by atoms with E-state index < -0.39 is 12.7 Å². The zero-order chi connectivity index (χ0) is 13.1. The van der Waals surface area contributed by atoms with E-state index in [1.807, 2.05) is 6.92 Å². The topological polar surface area (TPSA) is 42.2 Å². The molecule has 0 atom stereocenters. The van der Waals surface area contributed by atoms with Crippen LogP contribution in [0.5, 0.6) is 0 Å². The fourth-order valence-electron chi connectivity index (χ4n) is 1.55. The van der Waals surface area contributed by atoms with Crippen LogP contribution in [-0.4, -0.2) is 24.2 Å². The van der Waals surface area contributed by atoms with Crippen LogP contribution in [0.1, 0.15) is 18.9 Å². The van der Waals surface area contributed by atoms with Crippen LogP contribution in [0.2, 0.25) is 0 Å². The van der Waals surface area contributed by atoms with Crippen molar-refractivity contribution >= 4 is 11.5 Å². The van der Waals surface area contributed by atoms with Crippen molar-refractivity contribution in [2.24, 2.45) is 0 Å². The molecule has 0 aliphatic rings. The number of pyridine rings is 1. The largest absolute Gasteiger partial charge is 0.405 e. The Balaban J connectivity index is 3.01. The highest BCUT2D eigenvalue weighted by Gasteiger charge is 2.31. The first kappa shape index (κ1) is 13.6. The van der Waals surface area contributed by atoms with Gasteiger partial charge in [0.25, 0.3) is 0 Å². The number of nitrogens with two attached hydrogens (primary N) is 1. The van der Waals surface area contributed by atoms with Gasteiger partial charge in [-0.2, -0.15) is 13.2 Å². The van der Waals surface area contributed by atoms with Crippen LogP contribution in [0, 0.1) is 6.92 Å². The van der Waals surface area contributed by atoms with Crippen molar-refractivity contribution in [2.75, 3.05) is 23.7 Å². The number of aryl methyl sites for hydroxylation is 1. The van der Waals surface area contributed by atoms with Crippen molar-refractivity contribution in [1.29, 1.82) is 0 Å². The molecule has 17 heavy (non-hydrogen) atoms. The second-order valence-electron chi connectivity index (χ2n) is 3.90. The summed E-state index contributed by atoms with van der Waals surface area (Å²) in [6, 6.07) is 1.68. The number of aromatic nitrogens is 1. The fraction of sp³-hybridized carbons (Fsp3) is 0.545. The van der Waals surface area contributed by atoms with Crippen molar-refractivity contribution in [2.45, 2.75) is 26.4 Å². The van der Waals surface area contributed by atoms with Gasteiger partial charge in [-0.25, -0.2) is 4.98 Å². The lowest BCUT2D eigenvalue weighted by molar-refractivity contribution is -0.119. The Bertz CT molecular complexity index is 377. The SMILES string of the molecule is CCCN(CC(F)(F)F)c1nccc(C)c1N. The van der Waals surface area contributed by atoms with Gasteiger partial charge in [0, 0.05) is 12.7 Å². The maximum atomic E-state index is 12.4. The van der Waals surface area contributed by atoms with Gasteiger partial charge in [0.15, 0.2) is 5.82 Å². The summed E-state index contributed by atoms with van der Waals surface area (Å²) in [6.45, 7) is 2.81. The molecule has 0 aliphatic heterocycles. The van der Waals surface area contributed by atoms with Gasteiger partial charge in [-0.3, -0.25) is 0 Å². The molecule has 0 fully saturated rings. The van der Waals surface area contributed by atoms with E-state index in [4.69, 9.17) is 5.73 Å². The predicted molar refractivity (Wildman–Crippen MR) is 61.9 cm³/mol. The van der Waals surface area contributed by atoms with Crippen molar-refractivity contribution in [3.05, 3.63) is 17.8 Å². The van der Waals surface area contributed by atoms with Crippen LogP contribution in [-0.2, 0) is 0 Å². The third kappa shape index (κ3) is 3.80. The highest BCUT2D eigenvalue weighted by atomic mass is 19.4. The van der Waals surface area contributed by atoms with E-state index in [1.54, 1.807) is 13.0 Å². The molecule has 0 bridgehead atoms. The lowest BCUT2D eigenvalue weighted by Gasteiger charge is -2.26. The van der Waals surface area contributed by atoms with Crippen molar-refractivity contribution in [1.82, 2.24) is 4.98 Å². The fourth-order valence-corrected chi connectivity index (χ4v) is 1.55. The normalized spacial score (nSPS) is 11.6. The molecule has 6 heteroatoms. The summed E-state index contributed by atoms with van der Waals surface area (Å²) in [4.78, 5) is 5.11. The molecule has 0 amide bonds. The molecule has 0 spiro atoms. The molecule has 2 N–H and O–H groups in total. The number of halogens is 3. The van der Waals surface area contributed by atoms with Gasteiger partial charge in [0.05, 0.1) is 5.69 Å². The summed E-state index contributed by atoms with van der Waals surface area (Å²) in [6.07, 6.45) is -2.18. The van der Waals surface area contributed by atoms with Crippen LogP contribution in [0.25, 0.3) is 0 Å². The maximum Gasteiger partial charge on any atom is 0.405 e. The van der Waals surface area contributed by atoms with Crippen LogP contribution in [0.4, 0.5) is 24.7 Å². The smallest absolute Gasteiger partial charge is 0.396 e. The second-order valence-corrected chi connectivity index (χ2v) is 3.90. The molecule has 96 valence electrons. The molecule has 0 saturated carbocycles. The monoisotopic (exact) mass is 247 g/mol. The van der Waals surface area contributed by atoms with E-state index in [0.717, 1.165) is 5.56 Å². The average molecular weight is 247 g/mol. The Morgan fingerprint density at radius 3 is 2.59 bits per heavy atom. The molecule has 1 aromatic rings. The molecular weight excluding hydrogens is 231 g/mol. The van der Waals surface area contributed by atoms with Gasteiger partial charge in [-0.05, 0) is 25.0 Å². The molecule has 0 aromatic carbocycles. The number of nitrogen functional groups attached to an aromatic ring is 1. The summed E-state index contributed by atoms with van der Waals surface area (Å²) in [7, 11) is 0. The minimum absolute atomic E-state index is 0.212. The Morgan fingerprint density at radius 2 is 2.06 bits per heavy atom. The zero-order valence-electron chi connectivity index (χ0n) is 9.88. The van der Waals surface area contributed by atoms with E-state index in [1.165, 1.54) is 11.1 Å². The van der Waals surface area contributed by atoms with E-state index in [-0.39, 0.29) is 12.4 Å². The molecule has 1 aromatic heterocycles. The van der Waals surface area contributed by atoms with Crippen LogP contribution < -0.4 is 10.6 Å². The standard InChI is InChI=1S/C11H16F3N3/c1-3-6-17(7-11(12,13)14)10-9(15)8(2)4-5-16-10/h4-5H,3,6-7,15H2,1-2H3. The van der Waals surface area contributed by atoms with E-state index in [0.29, 0.717) is 12.1 Å². The zero-order valence-corrected chi connectivity index (χ0v) is 9.88. The maximum absolute atomic E-state index is 12.4. The third-order valence-corrected chi connectivity index (χ3v) is 2.35.